The van der Waals surface area contributed by atoms with Crippen LogP contribution in [0.4, 0.5) is 0 Å². The first-order chi connectivity index (χ1) is 12.7. The summed E-state index contributed by atoms with van der Waals surface area (Å²) < 4.78 is 4.99. The van der Waals surface area contributed by atoms with Gasteiger partial charge in [0.1, 0.15) is 5.76 Å². The number of aromatic nitrogens is 2. The Morgan fingerprint density at radius 1 is 1.15 bits per heavy atom. The maximum Gasteiger partial charge on any atom is 0.273 e. The topological polar surface area (TPSA) is 70.9 Å². The first kappa shape index (κ1) is 16.1. The zero-order valence-electron chi connectivity index (χ0n) is 14.4. The van der Waals surface area contributed by atoms with Gasteiger partial charge in [-0.2, -0.15) is 0 Å². The summed E-state index contributed by atoms with van der Waals surface area (Å²) in [7, 11) is 0. The molecular weight excluding hydrogens is 326 g/mol. The molecule has 0 aliphatic carbocycles. The molecule has 26 heavy (non-hydrogen) atoms. The number of amides is 1. The molecule has 2 aromatic heterocycles. The van der Waals surface area contributed by atoms with Gasteiger partial charge in [-0.25, -0.2) is 0 Å². The van der Waals surface area contributed by atoms with Crippen LogP contribution in [-0.2, 0) is 0 Å². The van der Waals surface area contributed by atoms with Gasteiger partial charge in [-0.05, 0) is 24.1 Å². The van der Waals surface area contributed by atoms with E-state index in [-0.39, 0.29) is 11.8 Å². The van der Waals surface area contributed by atoms with Gasteiger partial charge in [0.2, 0.25) is 0 Å². The number of para-hydroxylation sites is 1. The summed E-state index contributed by atoms with van der Waals surface area (Å²) in [5.74, 6) is 0.415. The van der Waals surface area contributed by atoms with Gasteiger partial charge in [0.25, 0.3) is 5.91 Å². The van der Waals surface area contributed by atoms with Crippen molar-refractivity contribution < 1.29 is 9.32 Å². The van der Waals surface area contributed by atoms with Crippen molar-refractivity contribution in [2.45, 2.75) is 12.8 Å². The number of carbonyl (C=O) groups is 1. The number of aryl methyl sites for hydroxylation is 1. The van der Waals surface area contributed by atoms with Crippen LogP contribution in [0.2, 0.25) is 0 Å². The molecule has 2 aromatic carbocycles. The number of fused-ring (bicyclic) bond motifs is 1. The number of H-pyrrole nitrogens is 1. The van der Waals surface area contributed by atoms with Crippen molar-refractivity contribution in [1.29, 1.82) is 0 Å². The van der Waals surface area contributed by atoms with Gasteiger partial charge < -0.3 is 14.8 Å². The van der Waals surface area contributed by atoms with Gasteiger partial charge in [0, 0.05) is 35.6 Å². The van der Waals surface area contributed by atoms with Crippen LogP contribution in [0.5, 0.6) is 0 Å². The van der Waals surface area contributed by atoms with Gasteiger partial charge in [0.05, 0.1) is 0 Å². The minimum atomic E-state index is -0.234. The van der Waals surface area contributed by atoms with E-state index in [4.69, 9.17) is 4.52 Å². The number of nitrogens with zero attached hydrogens (tertiary/aromatic N) is 1. The molecule has 0 fully saturated rings. The van der Waals surface area contributed by atoms with Crippen molar-refractivity contribution in [1.82, 2.24) is 15.5 Å². The maximum absolute atomic E-state index is 12.4. The molecule has 1 amide bonds. The number of carbonyl (C=O) groups excluding carboxylic acids is 1. The third-order valence-corrected chi connectivity index (χ3v) is 4.53. The first-order valence-corrected chi connectivity index (χ1v) is 8.55. The van der Waals surface area contributed by atoms with E-state index in [1.165, 1.54) is 0 Å². The molecule has 130 valence electrons. The molecule has 4 rings (SSSR count). The molecule has 2 heterocycles. The van der Waals surface area contributed by atoms with Crippen molar-refractivity contribution in [3.63, 3.8) is 0 Å². The van der Waals surface area contributed by atoms with Crippen molar-refractivity contribution >= 4 is 16.8 Å². The second-order valence-electron chi connectivity index (χ2n) is 6.29. The van der Waals surface area contributed by atoms with Gasteiger partial charge in [0.15, 0.2) is 5.69 Å². The average Bonchev–Trinajstić information content (AvgIpc) is 3.29. The van der Waals surface area contributed by atoms with Crippen LogP contribution < -0.4 is 5.32 Å². The van der Waals surface area contributed by atoms with Crippen LogP contribution in [0, 0.1) is 6.92 Å². The second-order valence-corrected chi connectivity index (χ2v) is 6.29. The zero-order chi connectivity index (χ0) is 17.9. The SMILES string of the molecule is Cc1cc(C(=O)NC[C@@H](c2ccccc2)c2c[nH]c3ccccc23)no1. The highest BCUT2D eigenvalue weighted by atomic mass is 16.5. The summed E-state index contributed by atoms with van der Waals surface area (Å²) >= 11 is 0. The summed E-state index contributed by atoms with van der Waals surface area (Å²) in [4.78, 5) is 15.7. The molecule has 5 nitrogen and oxygen atoms in total. The van der Waals surface area contributed by atoms with Crippen LogP contribution in [0.3, 0.4) is 0 Å². The maximum atomic E-state index is 12.4. The standard InChI is InChI=1S/C21H19N3O2/c1-14-11-20(24-26-14)21(25)23-12-17(15-7-3-2-4-8-15)18-13-22-19-10-6-5-9-16(18)19/h2-11,13,17,22H,12H2,1H3,(H,23,25)/t17-/m0/s1. The highest BCUT2D eigenvalue weighted by Crippen LogP contribution is 2.30. The van der Waals surface area contributed by atoms with Gasteiger partial charge in [-0.3, -0.25) is 4.79 Å². The van der Waals surface area contributed by atoms with Crippen molar-refractivity contribution in [2.24, 2.45) is 0 Å². The normalized spacial score (nSPS) is 12.2. The molecule has 0 saturated carbocycles. The third kappa shape index (κ3) is 3.11. The summed E-state index contributed by atoms with van der Waals surface area (Å²) in [6.07, 6.45) is 2.02. The van der Waals surface area contributed by atoms with Crippen molar-refractivity contribution in [2.75, 3.05) is 6.54 Å². The fraction of sp³-hybridized carbons (Fsp3) is 0.143. The molecular formula is C21H19N3O2. The van der Waals surface area contributed by atoms with E-state index in [1.807, 2.05) is 36.5 Å². The number of benzene rings is 2. The lowest BCUT2D eigenvalue weighted by Crippen LogP contribution is -2.29. The van der Waals surface area contributed by atoms with E-state index in [9.17, 15) is 4.79 Å². The van der Waals surface area contributed by atoms with E-state index >= 15 is 0 Å². The molecule has 1 atom stereocenters. The molecule has 0 spiro atoms. The molecule has 0 saturated heterocycles. The van der Waals surface area contributed by atoms with Crippen LogP contribution >= 0.6 is 0 Å². The fourth-order valence-corrected chi connectivity index (χ4v) is 3.23. The number of rotatable bonds is 5. The summed E-state index contributed by atoms with van der Waals surface area (Å²) in [6, 6.07) is 20.0. The Morgan fingerprint density at radius 2 is 1.92 bits per heavy atom. The lowest BCUT2D eigenvalue weighted by atomic mass is 9.91. The zero-order valence-corrected chi connectivity index (χ0v) is 14.4. The van der Waals surface area contributed by atoms with E-state index in [0.29, 0.717) is 18.0 Å². The molecule has 0 bridgehead atoms. The Bertz CT molecular complexity index is 1030. The lowest BCUT2D eigenvalue weighted by Gasteiger charge is -2.18. The van der Waals surface area contributed by atoms with Gasteiger partial charge in [-0.1, -0.05) is 53.7 Å². The monoisotopic (exact) mass is 345 g/mol. The minimum absolute atomic E-state index is 0.0318. The molecule has 0 unspecified atom stereocenters. The predicted octanol–water partition coefficient (Wildman–Crippen LogP) is 4.03. The largest absolute Gasteiger partial charge is 0.361 e. The van der Waals surface area contributed by atoms with Crippen molar-refractivity contribution in [3.05, 3.63) is 89.4 Å². The molecule has 5 heteroatoms. The quantitative estimate of drug-likeness (QED) is 0.574. The average molecular weight is 345 g/mol. The number of nitrogens with one attached hydrogen (secondary N) is 2. The Labute approximate surface area is 151 Å². The Hall–Kier alpha value is -3.34. The summed E-state index contributed by atoms with van der Waals surface area (Å²) in [5.41, 5.74) is 3.69. The van der Waals surface area contributed by atoms with Crippen LogP contribution in [0.15, 0.2) is 71.4 Å². The number of hydrogen-bond acceptors (Lipinski definition) is 3. The van der Waals surface area contributed by atoms with Crippen LogP contribution in [-0.4, -0.2) is 22.6 Å². The van der Waals surface area contributed by atoms with Crippen LogP contribution in [0.25, 0.3) is 10.9 Å². The molecule has 0 radical (unpaired) electrons. The molecule has 2 N–H and O–H groups in total. The van der Waals surface area contributed by atoms with E-state index < -0.39 is 0 Å². The minimum Gasteiger partial charge on any atom is -0.361 e. The predicted molar refractivity (Wildman–Crippen MR) is 100 cm³/mol. The Morgan fingerprint density at radius 3 is 2.69 bits per heavy atom. The van der Waals surface area contributed by atoms with E-state index in [2.05, 4.69) is 39.7 Å². The second kappa shape index (κ2) is 6.88. The first-order valence-electron chi connectivity index (χ1n) is 8.55. The molecule has 4 aromatic rings. The molecule has 0 aliphatic heterocycles. The van der Waals surface area contributed by atoms with E-state index in [1.54, 1.807) is 13.0 Å². The number of hydrogen-bond donors (Lipinski definition) is 2. The third-order valence-electron chi connectivity index (χ3n) is 4.53. The summed E-state index contributed by atoms with van der Waals surface area (Å²) in [5, 5.41) is 7.93. The highest BCUT2D eigenvalue weighted by Gasteiger charge is 2.20. The number of aromatic amines is 1. The lowest BCUT2D eigenvalue weighted by molar-refractivity contribution is 0.0943. The molecule has 0 aliphatic rings. The highest BCUT2D eigenvalue weighted by molar-refractivity contribution is 5.92. The fourth-order valence-electron chi connectivity index (χ4n) is 3.23. The smallest absolute Gasteiger partial charge is 0.273 e. The van der Waals surface area contributed by atoms with Gasteiger partial charge >= 0.3 is 0 Å². The Kier molecular flexibility index (Phi) is 4.27. The Balaban J connectivity index is 1.65. The van der Waals surface area contributed by atoms with Crippen molar-refractivity contribution in [3.8, 4) is 0 Å². The van der Waals surface area contributed by atoms with Gasteiger partial charge in [-0.15, -0.1) is 0 Å². The van der Waals surface area contributed by atoms with Crippen LogP contribution in [0.1, 0.15) is 33.3 Å². The summed E-state index contributed by atoms with van der Waals surface area (Å²) in [6.45, 7) is 2.24. The van der Waals surface area contributed by atoms with E-state index in [0.717, 1.165) is 22.0 Å².